The first kappa shape index (κ1) is 26.1. The second-order valence-corrected chi connectivity index (χ2v) is 6.82. The van der Waals surface area contributed by atoms with Gasteiger partial charge in [0.2, 0.25) is 5.91 Å². The lowest BCUT2D eigenvalue weighted by Gasteiger charge is -2.34. The van der Waals surface area contributed by atoms with E-state index in [0.717, 1.165) is 25.0 Å². The highest BCUT2D eigenvalue weighted by atomic mass is 19.4. The SMILES string of the molecule is CCCCCCC(C(=O)NCC#N)N(CC(F)(F)F)c1ccc(C#N)c(C(F)(F)F)c1. The number of carbonyl (C=O) groups excluding carboxylic acids is 1. The van der Waals surface area contributed by atoms with Crippen LogP contribution in [0.5, 0.6) is 0 Å². The van der Waals surface area contributed by atoms with Crippen LogP contribution in [0.3, 0.4) is 0 Å². The Kier molecular flexibility index (Phi) is 9.63. The number of nitrogens with one attached hydrogen (secondary N) is 1. The monoisotopic (exact) mass is 448 g/mol. The lowest BCUT2D eigenvalue weighted by Crippen LogP contribution is -2.50. The molecule has 0 bridgehead atoms. The first-order chi connectivity index (χ1) is 14.4. The number of amides is 1. The topological polar surface area (TPSA) is 79.9 Å². The molecule has 1 N–H and O–H groups in total. The quantitative estimate of drug-likeness (QED) is 0.313. The van der Waals surface area contributed by atoms with Gasteiger partial charge in [-0.15, -0.1) is 0 Å². The molecule has 1 atom stereocenters. The van der Waals surface area contributed by atoms with Gasteiger partial charge in [0.05, 0.1) is 23.3 Å². The summed E-state index contributed by atoms with van der Waals surface area (Å²) in [5.74, 6) is -0.889. The predicted octanol–water partition coefficient (Wildman–Crippen LogP) is 4.92. The second kappa shape index (κ2) is 11.4. The minimum absolute atomic E-state index is 0.0469. The summed E-state index contributed by atoms with van der Waals surface area (Å²) >= 11 is 0. The van der Waals surface area contributed by atoms with E-state index in [0.29, 0.717) is 23.8 Å². The molecule has 1 aromatic carbocycles. The Bertz CT molecular complexity index is 823. The van der Waals surface area contributed by atoms with Gasteiger partial charge in [-0.2, -0.15) is 36.9 Å². The molecule has 0 spiro atoms. The number of hydrogen-bond donors (Lipinski definition) is 1. The Morgan fingerprint density at radius 2 is 1.81 bits per heavy atom. The summed E-state index contributed by atoms with van der Waals surface area (Å²) in [4.78, 5) is 13.1. The third-order valence-corrected chi connectivity index (χ3v) is 4.46. The molecule has 1 unspecified atom stereocenters. The van der Waals surface area contributed by atoms with Gasteiger partial charge in [-0.3, -0.25) is 4.79 Å². The van der Waals surface area contributed by atoms with Crippen LogP contribution in [0.25, 0.3) is 0 Å². The van der Waals surface area contributed by atoms with Gasteiger partial charge in [-0.25, -0.2) is 0 Å². The molecule has 0 radical (unpaired) electrons. The maximum atomic E-state index is 13.3. The summed E-state index contributed by atoms with van der Waals surface area (Å²) in [5.41, 5.74) is -2.62. The van der Waals surface area contributed by atoms with E-state index in [1.54, 1.807) is 6.07 Å². The van der Waals surface area contributed by atoms with E-state index in [4.69, 9.17) is 10.5 Å². The van der Waals surface area contributed by atoms with Gasteiger partial charge in [-0.1, -0.05) is 32.6 Å². The molecule has 0 aromatic heterocycles. The predicted molar refractivity (Wildman–Crippen MR) is 101 cm³/mol. The van der Waals surface area contributed by atoms with Crippen LogP contribution in [0.2, 0.25) is 0 Å². The highest BCUT2D eigenvalue weighted by Crippen LogP contribution is 2.36. The molecule has 170 valence electrons. The van der Waals surface area contributed by atoms with Crippen molar-refractivity contribution >= 4 is 11.6 Å². The number of alkyl halides is 6. The zero-order chi connectivity index (χ0) is 23.7. The van der Waals surface area contributed by atoms with Crippen LogP contribution >= 0.6 is 0 Å². The fraction of sp³-hybridized carbons (Fsp3) is 0.550. The van der Waals surface area contributed by atoms with E-state index in [1.807, 2.05) is 6.92 Å². The van der Waals surface area contributed by atoms with Crippen LogP contribution in [-0.4, -0.2) is 31.2 Å². The summed E-state index contributed by atoms with van der Waals surface area (Å²) in [6.07, 6.45) is -7.22. The standard InChI is InChI=1S/C20H22F6N4O/c1-2-3-4-5-6-17(18(31)29-10-9-27)30(13-19(21,22)23)15-8-7-14(12-28)16(11-15)20(24,25)26/h7-8,11,17H,2-6,10,13H2,1H3,(H,29,31). The van der Waals surface area contributed by atoms with Crippen LogP contribution in [0.1, 0.15) is 50.2 Å². The van der Waals surface area contributed by atoms with Crippen molar-refractivity contribution in [1.29, 1.82) is 10.5 Å². The average Bonchev–Trinajstić information content (AvgIpc) is 2.69. The Morgan fingerprint density at radius 1 is 1.13 bits per heavy atom. The lowest BCUT2D eigenvalue weighted by atomic mass is 10.0. The van der Waals surface area contributed by atoms with E-state index in [1.165, 1.54) is 6.07 Å². The number of unbranched alkanes of at least 4 members (excludes halogenated alkanes) is 3. The molecule has 1 amide bonds. The van der Waals surface area contributed by atoms with Gasteiger partial charge in [0, 0.05) is 5.69 Å². The molecule has 0 aliphatic heterocycles. The van der Waals surface area contributed by atoms with Crippen molar-refractivity contribution in [3.8, 4) is 12.1 Å². The number of nitriles is 2. The third kappa shape index (κ3) is 8.36. The van der Waals surface area contributed by atoms with E-state index in [9.17, 15) is 31.1 Å². The van der Waals surface area contributed by atoms with Gasteiger partial charge >= 0.3 is 12.4 Å². The molecule has 1 aromatic rings. The van der Waals surface area contributed by atoms with Crippen molar-refractivity contribution in [2.45, 2.75) is 57.4 Å². The number of nitrogens with zero attached hydrogens (tertiary/aromatic N) is 3. The van der Waals surface area contributed by atoms with Gasteiger partial charge in [-0.05, 0) is 24.6 Å². The van der Waals surface area contributed by atoms with Gasteiger partial charge in [0.1, 0.15) is 19.1 Å². The minimum Gasteiger partial charge on any atom is -0.350 e. The number of rotatable bonds is 10. The van der Waals surface area contributed by atoms with Crippen molar-refractivity contribution < 1.29 is 31.1 Å². The molecule has 0 aliphatic carbocycles. The Morgan fingerprint density at radius 3 is 2.32 bits per heavy atom. The van der Waals surface area contributed by atoms with E-state index in [-0.39, 0.29) is 6.42 Å². The Labute approximate surface area is 176 Å². The summed E-state index contributed by atoms with van der Waals surface area (Å²) in [6.45, 7) is -0.206. The molecule has 11 heteroatoms. The van der Waals surface area contributed by atoms with E-state index >= 15 is 0 Å². The smallest absolute Gasteiger partial charge is 0.350 e. The van der Waals surface area contributed by atoms with Crippen LogP contribution in [0.4, 0.5) is 32.0 Å². The van der Waals surface area contributed by atoms with Crippen molar-refractivity contribution in [3.63, 3.8) is 0 Å². The molecular weight excluding hydrogens is 426 g/mol. The number of halogens is 6. The van der Waals surface area contributed by atoms with Crippen molar-refractivity contribution in [1.82, 2.24) is 5.32 Å². The highest BCUT2D eigenvalue weighted by Gasteiger charge is 2.39. The molecular formula is C20H22F6N4O. The summed E-state index contributed by atoms with van der Waals surface area (Å²) in [5, 5.41) is 19.8. The zero-order valence-corrected chi connectivity index (χ0v) is 16.8. The average molecular weight is 448 g/mol. The summed E-state index contributed by atoms with van der Waals surface area (Å²) in [7, 11) is 0. The van der Waals surface area contributed by atoms with Crippen LogP contribution in [0.15, 0.2) is 18.2 Å². The van der Waals surface area contributed by atoms with E-state index in [2.05, 4.69) is 5.32 Å². The largest absolute Gasteiger partial charge is 0.417 e. The van der Waals surface area contributed by atoms with Gasteiger partial charge in [0.25, 0.3) is 0 Å². The van der Waals surface area contributed by atoms with Crippen molar-refractivity contribution in [2.75, 3.05) is 18.0 Å². The number of hydrogen-bond acceptors (Lipinski definition) is 4. The van der Waals surface area contributed by atoms with E-state index < -0.39 is 54.2 Å². The van der Waals surface area contributed by atoms with Gasteiger partial charge in [0.15, 0.2) is 0 Å². The lowest BCUT2D eigenvalue weighted by molar-refractivity contribution is -0.137. The molecule has 0 saturated carbocycles. The molecule has 5 nitrogen and oxygen atoms in total. The van der Waals surface area contributed by atoms with Crippen LogP contribution in [0, 0.1) is 22.7 Å². The fourth-order valence-electron chi connectivity index (χ4n) is 3.05. The summed E-state index contributed by atoms with van der Waals surface area (Å²) in [6, 6.07) is 3.75. The minimum atomic E-state index is -4.97. The molecule has 0 saturated heterocycles. The molecule has 0 aliphatic rings. The molecule has 0 heterocycles. The van der Waals surface area contributed by atoms with Crippen molar-refractivity contribution in [2.24, 2.45) is 0 Å². The molecule has 0 fully saturated rings. The first-order valence-electron chi connectivity index (χ1n) is 9.54. The van der Waals surface area contributed by atoms with Crippen LogP contribution in [-0.2, 0) is 11.0 Å². The van der Waals surface area contributed by atoms with Gasteiger partial charge < -0.3 is 10.2 Å². The Balaban J connectivity index is 3.46. The Hall–Kier alpha value is -2.95. The maximum absolute atomic E-state index is 13.3. The molecule has 1 rings (SSSR count). The zero-order valence-electron chi connectivity index (χ0n) is 16.8. The maximum Gasteiger partial charge on any atom is 0.417 e. The second-order valence-electron chi connectivity index (χ2n) is 6.82. The molecule has 31 heavy (non-hydrogen) atoms. The first-order valence-corrected chi connectivity index (χ1v) is 9.54. The normalized spacial score (nSPS) is 12.5. The summed E-state index contributed by atoms with van der Waals surface area (Å²) < 4.78 is 79.8. The number of carbonyl (C=O) groups is 1. The van der Waals surface area contributed by atoms with Crippen molar-refractivity contribution in [3.05, 3.63) is 29.3 Å². The number of anilines is 1. The highest BCUT2D eigenvalue weighted by molar-refractivity contribution is 5.85. The fourth-order valence-corrected chi connectivity index (χ4v) is 3.05. The number of benzene rings is 1. The third-order valence-electron chi connectivity index (χ3n) is 4.46. The van der Waals surface area contributed by atoms with Crippen LogP contribution < -0.4 is 10.2 Å².